The van der Waals surface area contributed by atoms with Crippen molar-refractivity contribution in [2.45, 2.75) is 39.4 Å². The van der Waals surface area contributed by atoms with Crippen molar-refractivity contribution in [3.8, 4) is 0 Å². The molecule has 1 N–H and O–H groups in total. The lowest BCUT2D eigenvalue weighted by atomic mass is 9.96. The minimum atomic E-state index is -0.435. The lowest BCUT2D eigenvalue weighted by Gasteiger charge is -2.19. The van der Waals surface area contributed by atoms with Gasteiger partial charge in [-0.1, -0.05) is 18.2 Å². The van der Waals surface area contributed by atoms with Gasteiger partial charge in [0.25, 0.3) is 0 Å². The van der Waals surface area contributed by atoms with E-state index >= 15 is 0 Å². The van der Waals surface area contributed by atoms with Crippen molar-refractivity contribution < 1.29 is 9.84 Å². The quantitative estimate of drug-likeness (QED) is 0.822. The first-order chi connectivity index (χ1) is 7.06. The lowest BCUT2D eigenvalue weighted by molar-refractivity contribution is 0.000277. The van der Waals surface area contributed by atoms with Crippen LogP contribution >= 0.6 is 0 Å². The fourth-order valence-corrected chi connectivity index (χ4v) is 1.70. The Kier molecular flexibility index (Phi) is 4.30. The molecule has 2 heteroatoms. The van der Waals surface area contributed by atoms with Gasteiger partial charge in [0.15, 0.2) is 0 Å². The molecule has 0 amide bonds. The van der Waals surface area contributed by atoms with Crippen LogP contribution in [0.15, 0.2) is 18.2 Å². The fraction of sp³-hybridized carbons (Fsp3) is 0.538. The third kappa shape index (κ3) is 3.05. The predicted molar refractivity (Wildman–Crippen MR) is 62.1 cm³/mol. The molecule has 0 saturated heterocycles. The number of aryl methyl sites for hydroxylation is 2. The molecule has 0 fully saturated rings. The number of rotatable bonds is 4. The number of aliphatic hydroxyl groups is 1. The Hall–Kier alpha value is -0.860. The Balaban J connectivity index is 2.80. The SMILES string of the molecule is COC(C)C(O)Cc1c(C)cccc1C. The van der Waals surface area contributed by atoms with Crippen molar-refractivity contribution in [3.63, 3.8) is 0 Å². The second-order valence-corrected chi connectivity index (χ2v) is 4.08. The topological polar surface area (TPSA) is 29.5 Å². The zero-order valence-electron chi connectivity index (χ0n) is 9.95. The van der Waals surface area contributed by atoms with Crippen LogP contribution < -0.4 is 0 Å². The van der Waals surface area contributed by atoms with Gasteiger partial charge in [0.1, 0.15) is 0 Å². The third-order valence-electron chi connectivity index (χ3n) is 2.97. The molecule has 0 heterocycles. The van der Waals surface area contributed by atoms with Crippen LogP contribution in [0.4, 0.5) is 0 Å². The van der Waals surface area contributed by atoms with Crippen molar-refractivity contribution in [1.82, 2.24) is 0 Å². The molecule has 1 rings (SSSR count). The van der Waals surface area contributed by atoms with Crippen LogP contribution in [-0.4, -0.2) is 24.4 Å². The summed E-state index contributed by atoms with van der Waals surface area (Å²) >= 11 is 0. The normalized spacial score (nSPS) is 15.0. The van der Waals surface area contributed by atoms with Crippen LogP contribution in [0.1, 0.15) is 23.6 Å². The number of methoxy groups -OCH3 is 1. The minimum Gasteiger partial charge on any atom is -0.390 e. The van der Waals surface area contributed by atoms with Gasteiger partial charge in [0.05, 0.1) is 12.2 Å². The van der Waals surface area contributed by atoms with E-state index in [9.17, 15) is 5.11 Å². The smallest absolute Gasteiger partial charge is 0.0839 e. The van der Waals surface area contributed by atoms with Crippen LogP contribution in [0.2, 0.25) is 0 Å². The Morgan fingerprint density at radius 2 is 1.80 bits per heavy atom. The zero-order chi connectivity index (χ0) is 11.4. The van der Waals surface area contributed by atoms with Crippen molar-refractivity contribution in [3.05, 3.63) is 34.9 Å². The highest BCUT2D eigenvalue weighted by Crippen LogP contribution is 2.16. The van der Waals surface area contributed by atoms with E-state index in [1.54, 1.807) is 7.11 Å². The molecule has 0 aliphatic carbocycles. The zero-order valence-corrected chi connectivity index (χ0v) is 9.95. The molecule has 84 valence electrons. The molecule has 0 aliphatic heterocycles. The van der Waals surface area contributed by atoms with E-state index in [-0.39, 0.29) is 6.10 Å². The Morgan fingerprint density at radius 1 is 1.27 bits per heavy atom. The number of aliphatic hydroxyl groups excluding tert-OH is 1. The summed E-state index contributed by atoms with van der Waals surface area (Å²) in [6, 6.07) is 6.19. The summed E-state index contributed by atoms with van der Waals surface area (Å²) in [6.07, 6.45) is 0.104. The minimum absolute atomic E-state index is 0.121. The lowest BCUT2D eigenvalue weighted by Crippen LogP contribution is -2.27. The highest BCUT2D eigenvalue weighted by molar-refractivity contribution is 5.34. The molecular formula is C13H20O2. The van der Waals surface area contributed by atoms with Crippen molar-refractivity contribution in [2.75, 3.05) is 7.11 Å². The summed E-state index contributed by atoms with van der Waals surface area (Å²) in [4.78, 5) is 0. The van der Waals surface area contributed by atoms with E-state index in [1.165, 1.54) is 16.7 Å². The average Bonchev–Trinajstić information content (AvgIpc) is 2.22. The largest absolute Gasteiger partial charge is 0.390 e. The second-order valence-electron chi connectivity index (χ2n) is 4.08. The van der Waals surface area contributed by atoms with E-state index in [1.807, 2.05) is 13.0 Å². The summed E-state index contributed by atoms with van der Waals surface area (Å²) in [5, 5.41) is 9.90. The van der Waals surface area contributed by atoms with Crippen molar-refractivity contribution in [2.24, 2.45) is 0 Å². The van der Waals surface area contributed by atoms with E-state index in [0.717, 1.165) is 0 Å². The van der Waals surface area contributed by atoms with E-state index < -0.39 is 6.10 Å². The van der Waals surface area contributed by atoms with E-state index in [4.69, 9.17) is 4.74 Å². The van der Waals surface area contributed by atoms with Crippen LogP contribution in [0.5, 0.6) is 0 Å². The van der Waals surface area contributed by atoms with Gasteiger partial charge in [0, 0.05) is 13.5 Å². The van der Waals surface area contributed by atoms with Gasteiger partial charge in [0.2, 0.25) is 0 Å². The molecule has 0 aliphatic rings. The molecule has 0 spiro atoms. The Morgan fingerprint density at radius 3 is 2.27 bits per heavy atom. The molecule has 1 aromatic carbocycles. The average molecular weight is 208 g/mol. The van der Waals surface area contributed by atoms with Gasteiger partial charge in [-0.05, 0) is 37.5 Å². The molecule has 2 atom stereocenters. The number of hydrogen-bond donors (Lipinski definition) is 1. The van der Waals surface area contributed by atoms with Crippen molar-refractivity contribution in [1.29, 1.82) is 0 Å². The van der Waals surface area contributed by atoms with E-state index in [2.05, 4.69) is 26.0 Å². The highest BCUT2D eigenvalue weighted by Gasteiger charge is 2.15. The van der Waals surface area contributed by atoms with Gasteiger partial charge in [-0.15, -0.1) is 0 Å². The first-order valence-corrected chi connectivity index (χ1v) is 5.32. The molecule has 0 bridgehead atoms. The fourth-order valence-electron chi connectivity index (χ4n) is 1.70. The maximum atomic E-state index is 9.90. The number of benzene rings is 1. The summed E-state index contributed by atoms with van der Waals surface area (Å²) < 4.78 is 5.11. The molecule has 0 radical (unpaired) electrons. The highest BCUT2D eigenvalue weighted by atomic mass is 16.5. The molecule has 15 heavy (non-hydrogen) atoms. The maximum Gasteiger partial charge on any atom is 0.0839 e. The summed E-state index contributed by atoms with van der Waals surface area (Å²) in [6.45, 7) is 6.04. The molecule has 0 saturated carbocycles. The van der Waals surface area contributed by atoms with Crippen LogP contribution in [0.3, 0.4) is 0 Å². The predicted octanol–water partition coefficient (Wildman–Crippen LogP) is 2.24. The first-order valence-electron chi connectivity index (χ1n) is 5.32. The van der Waals surface area contributed by atoms with Gasteiger partial charge in [-0.25, -0.2) is 0 Å². The molecule has 2 nitrogen and oxygen atoms in total. The number of hydrogen-bond acceptors (Lipinski definition) is 2. The monoisotopic (exact) mass is 208 g/mol. The third-order valence-corrected chi connectivity index (χ3v) is 2.97. The second kappa shape index (κ2) is 5.29. The standard InChI is InChI=1S/C13H20O2/c1-9-6-5-7-10(2)12(9)8-13(14)11(3)15-4/h5-7,11,13-14H,8H2,1-4H3. The summed E-state index contributed by atoms with van der Waals surface area (Å²) in [7, 11) is 1.62. The Bertz CT molecular complexity index is 300. The Labute approximate surface area is 91.9 Å². The van der Waals surface area contributed by atoms with Gasteiger partial charge in [-0.2, -0.15) is 0 Å². The van der Waals surface area contributed by atoms with Crippen molar-refractivity contribution >= 4 is 0 Å². The van der Waals surface area contributed by atoms with E-state index in [0.29, 0.717) is 6.42 Å². The molecule has 2 unspecified atom stereocenters. The van der Waals surface area contributed by atoms with Crippen LogP contribution in [0, 0.1) is 13.8 Å². The molecule has 0 aromatic heterocycles. The molecular weight excluding hydrogens is 188 g/mol. The van der Waals surface area contributed by atoms with Crippen LogP contribution in [0.25, 0.3) is 0 Å². The summed E-state index contributed by atoms with van der Waals surface area (Å²) in [5.41, 5.74) is 3.70. The van der Waals surface area contributed by atoms with Gasteiger partial charge < -0.3 is 9.84 Å². The number of ether oxygens (including phenoxy) is 1. The maximum absolute atomic E-state index is 9.90. The molecule has 1 aromatic rings. The first kappa shape index (κ1) is 12.2. The van der Waals surface area contributed by atoms with Gasteiger partial charge in [-0.3, -0.25) is 0 Å². The van der Waals surface area contributed by atoms with Gasteiger partial charge >= 0.3 is 0 Å². The van der Waals surface area contributed by atoms with Crippen LogP contribution in [-0.2, 0) is 11.2 Å². The summed E-state index contributed by atoms with van der Waals surface area (Å²) in [5.74, 6) is 0.